The van der Waals surface area contributed by atoms with Crippen LogP contribution in [0.15, 0.2) is 224 Å². The van der Waals surface area contributed by atoms with Crippen LogP contribution in [0.5, 0.6) is 0 Å². The van der Waals surface area contributed by atoms with Crippen LogP contribution in [0.25, 0.3) is 55.2 Å². The molecule has 11 rings (SSSR count). The smallest absolute Gasteiger partial charge is 0.0713 e. The molecule has 268 valence electrons. The quantitative estimate of drug-likeness (QED) is 0.173. The maximum Gasteiger partial charge on any atom is 0.0713 e. The van der Waals surface area contributed by atoms with Crippen molar-refractivity contribution in [3.05, 3.63) is 247 Å². The topological polar surface area (TPSA) is 19.0 Å². The first-order valence-corrected chi connectivity index (χ1v) is 19.7. The van der Waals surface area contributed by atoms with Gasteiger partial charge in [-0.3, -0.25) is 0 Å². The van der Waals surface area contributed by atoms with Crippen LogP contribution in [0.3, 0.4) is 0 Å². The lowest BCUT2D eigenvalue weighted by Crippen LogP contribution is -2.28. The maximum absolute atomic E-state index is 3.70. The highest BCUT2D eigenvalue weighted by Crippen LogP contribution is 2.56. The van der Waals surface area contributed by atoms with Crippen LogP contribution >= 0.6 is 0 Å². The Labute approximate surface area is 333 Å². The summed E-state index contributed by atoms with van der Waals surface area (Å²) in [6.07, 6.45) is 0. The number of aromatic amines is 1. The third kappa shape index (κ3) is 5.33. The van der Waals surface area contributed by atoms with E-state index in [9.17, 15) is 0 Å². The Morgan fingerprint density at radius 3 is 1.32 bits per heavy atom. The Kier molecular flexibility index (Phi) is 7.75. The summed E-state index contributed by atoms with van der Waals surface area (Å²) in [6, 6.07) is 81.8. The van der Waals surface area contributed by atoms with E-state index in [0.29, 0.717) is 0 Å². The van der Waals surface area contributed by atoms with Crippen LogP contribution in [-0.2, 0) is 5.41 Å². The minimum absolute atomic E-state index is 0.432. The molecular weight excluding hydrogens is 689 g/mol. The number of hydrogen-bond acceptors (Lipinski definition) is 1. The average molecular weight is 727 g/mol. The number of hydrogen-bond donors (Lipinski definition) is 1. The van der Waals surface area contributed by atoms with Gasteiger partial charge in [0, 0.05) is 38.9 Å². The van der Waals surface area contributed by atoms with Gasteiger partial charge in [-0.25, -0.2) is 0 Å². The lowest BCUT2D eigenvalue weighted by Gasteiger charge is -2.34. The van der Waals surface area contributed by atoms with Crippen LogP contribution in [0, 0.1) is 0 Å². The summed E-state index contributed by atoms with van der Waals surface area (Å²) in [6.45, 7) is 0. The fraction of sp³-hybridized carbons (Fsp3) is 0.0182. The van der Waals surface area contributed by atoms with Crippen molar-refractivity contribution < 1.29 is 0 Å². The molecule has 0 amide bonds. The summed E-state index contributed by atoms with van der Waals surface area (Å²) in [4.78, 5) is 6.00. The van der Waals surface area contributed by atoms with E-state index in [-0.39, 0.29) is 0 Å². The van der Waals surface area contributed by atoms with Crippen molar-refractivity contribution in [2.45, 2.75) is 5.41 Å². The molecule has 9 aromatic carbocycles. The number of nitrogens with one attached hydrogen (secondary N) is 1. The first-order valence-electron chi connectivity index (χ1n) is 19.7. The maximum atomic E-state index is 3.70. The molecule has 0 unspecified atom stereocenters. The van der Waals surface area contributed by atoms with Gasteiger partial charge in [0.15, 0.2) is 0 Å². The van der Waals surface area contributed by atoms with E-state index in [4.69, 9.17) is 0 Å². The Hall–Kier alpha value is -7.42. The SMILES string of the molecule is c1ccc(N(c2ccccc2)c2ccc(-c3ccc4[nH]c5ccc(-c6ccc7c(c6)C(c6ccccc6)(c6ccccc6)c6ccccc6-7)cc5c4c3)cc2)cc1. The molecule has 0 bridgehead atoms. The third-order valence-corrected chi connectivity index (χ3v) is 11.9. The molecule has 2 nitrogen and oxygen atoms in total. The zero-order valence-corrected chi connectivity index (χ0v) is 31.3. The molecule has 0 fully saturated rings. The fourth-order valence-electron chi connectivity index (χ4n) is 9.28. The van der Waals surface area contributed by atoms with Crippen LogP contribution < -0.4 is 4.90 Å². The number of anilines is 3. The first-order chi connectivity index (χ1) is 28.3. The Bertz CT molecular complexity index is 2960. The van der Waals surface area contributed by atoms with E-state index in [2.05, 4.69) is 234 Å². The molecule has 0 aliphatic heterocycles. The molecule has 2 heteroatoms. The molecule has 0 saturated heterocycles. The zero-order chi connectivity index (χ0) is 37.8. The summed E-state index contributed by atoms with van der Waals surface area (Å²) >= 11 is 0. The van der Waals surface area contributed by atoms with Crippen LogP contribution in [0.4, 0.5) is 17.1 Å². The second-order valence-electron chi connectivity index (χ2n) is 15.0. The summed E-state index contributed by atoms with van der Waals surface area (Å²) in [5.74, 6) is 0. The third-order valence-electron chi connectivity index (χ3n) is 11.9. The Morgan fingerprint density at radius 1 is 0.316 bits per heavy atom. The normalized spacial score (nSPS) is 12.7. The molecule has 0 saturated carbocycles. The number of para-hydroxylation sites is 2. The van der Waals surface area contributed by atoms with Crippen molar-refractivity contribution in [1.29, 1.82) is 0 Å². The van der Waals surface area contributed by atoms with Crippen molar-refractivity contribution in [2.75, 3.05) is 4.90 Å². The van der Waals surface area contributed by atoms with Gasteiger partial charge in [0.25, 0.3) is 0 Å². The van der Waals surface area contributed by atoms with Crippen molar-refractivity contribution >= 4 is 38.9 Å². The second-order valence-corrected chi connectivity index (χ2v) is 15.0. The zero-order valence-electron chi connectivity index (χ0n) is 31.3. The molecule has 10 aromatic rings. The predicted octanol–water partition coefficient (Wildman–Crippen LogP) is 14.5. The molecule has 57 heavy (non-hydrogen) atoms. The highest BCUT2D eigenvalue weighted by molar-refractivity contribution is 6.10. The largest absolute Gasteiger partial charge is 0.355 e. The van der Waals surface area contributed by atoms with Gasteiger partial charge in [0.1, 0.15) is 0 Å². The molecule has 1 aliphatic carbocycles. The lowest BCUT2D eigenvalue weighted by atomic mass is 9.67. The van der Waals surface area contributed by atoms with Gasteiger partial charge in [-0.1, -0.05) is 158 Å². The molecule has 1 aromatic heterocycles. The number of benzene rings is 9. The van der Waals surface area contributed by atoms with Gasteiger partial charge < -0.3 is 9.88 Å². The number of fused-ring (bicyclic) bond motifs is 6. The van der Waals surface area contributed by atoms with E-state index in [0.717, 1.165) is 28.1 Å². The van der Waals surface area contributed by atoms with Gasteiger partial charge in [-0.2, -0.15) is 0 Å². The lowest BCUT2D eigenvalue weighted by molar-refractivity contribution is 0.769. The number of H-pyrrole nitrogens is 1. The molecule has 1 aliphatic rings. The number of aromatic nitrogens is 1. The summed E-state index contributed by atoms with van der Waals surface area (Å²) in [5.41, 5.74) is 17.8. The highest BCUT2D eigenvalue weighted by Gasteiger charge is 2.46. The highest BCUT2D eigenvalue weighted by atomic mass is 15.1. The van der Waals surface area contributed by atoms with Crippen molar-refractivity contribution in [1.82, 2.24) is 4.98 Å². The van der Waals surface area contributed by atoms with Crippen LogP contribution in [0.1, 0.15) is 22.3 Å². The average Bonchev–Trinajstić information content (AvgIpc) is 3.81. The van der Waals surface area contributed by atoms with E-state index in [1.807, 2.05) is 0 Å². The van der Waals surface area contributed by atoms with Crippen LogP contribution in [-0.4, -0.2) is 4.98 Å². The van der Waals surface area contributed by atoms with Crippen molar-refractivity contribution in [3.63, 3.8) is 0 Å². The van der Waals surface area contributed by atoms with Gasteiger partial charge in [-0.15, -0.1) is 0 Å². The number of nitrogens with zero attached hydrogens (tertiary/aromatic N) is 1. The van der Waals surface area contributed by atoms with Gasteiger partial charge in [-0.05, 0) is 122 Å². The fourth-order valence-corrected chi connectivity index (χ4v) is 9.28. The summed E-state index contributed by atoms with van der Waals surface area (Å²) in [5, 5.41) is 2.45. The Balaban J connectivity index is 1.01. The minimum atomic E-state index is -0.432. The molecule has 0 atom stereocenters. The Morgan fingerprint density at radius 2 is 0.737 bits per heavy atom. The molecular formula is C55H38N2. The standard InChI is InChI=1S/C55H38N2/c1-5-15-42(16-6-1)55(43-17-7-2-8-18-43)51-24-14-13-23-47(51)48-32-27-41(37-52(48)55)40-29-34-54-50(36-40)49-35-39(28-33-53(49)56-54)38-25-30-46(31-26-38)57(44-19-9-3-10-20-44)45-21-11-4-12-22-45/h1-37,56H. The second kappa shape index (κ2) is 13.4. The van der Waals surface area contributed by atoms with Gasteiger partial charge >= 0.3 is 0 Å². The molecule has 0 radical (unpaired) electrons. The molecule has 1 heterocycles. The van der Waals surface area contributed by atoms with Gasteiger partial charge in [0.2, 0.25) is 0 Å². The number of rotatable bonds is 7. The van der Waals surface area contributed by atoms with Gasteiger partial charge in [0.05, 0.1) is 5.41 Å². The minimum Gasteiger partial charge on any atom is -0.355 e. The van der Waals surface area contributed by atoms with Crippen molar-refractivity contribution in [3.8, 4) is 33.4 Å². The van der Waals surface area contributed by atoms with E-state index in [1.165, 1.54) is 66.4 Å². The van der Waals surface area contributed by atoms with Crippen LogP contribution in [0.2, 0.25) is 0 Å². The van der Waals surface area contributed by atoms with E-state index < -0.39 is 5.41 Å². The monoisotopic (exact) mass is 726 g/mol. The molecule has 1 N–H and O–H groups in total. The molecule has 0 spiro atoms. The van der Waals surface area contributed by atoms with E-state index in [1.54, 1.807) is 0 Å². The van der Waals surface area contributed by atoms with E-state index >= 15 is 0 Å². The predicted molar refractivity (Wildman–Crippen MR) is 239 cm³/mol. The summed E-state index contributed by atoms with van der Waals surface area (Å²) < 4.78 is 0. The summed E-state index contributed by atoms with van der Waals surface area (Å²) in [7, 11) is 0. The van der Waals surface area contributed by atoms with Crippen molar-refractivity contribution in [2.24, 2.45) is 0 Å². The first kappa shape index (κ1) is 33.0.